The number of aromatic carboxylic acids is 1. The quantitative estimate of drug-likeness (QED) is 0.872. The van der Waals surface area contributed by atoms with Crippen LogP contribution < -0.4 is 10.1 Å². The lowest BCUT2D eigenvalue weighted by Crippen LogP contribution is -2.10. The van der Waals surface area contributed by atoms with Gasteiger partial charge in [-0.3, -0.25) is 0 Å². The standard InChI is InChI=1S/C16H17NO3/c1-11(12-7-9-13(20-2)10-8-12)17-15-6-4-3-5-14(15)16(18)19/h3-11,17H,1-2H3,(H,18,19). The van der Waals surface area contributed by atoms with E-state index in [1.807, 2.05) is 37.3 Å². The van der Waals surface area contributed by atoms with Gasteiger partial charge in [0, 0.05) is 11.7 Å². The van der Waals surface area contributed by atoms with Crippen molar-refractivity contribution in [2.45, 2.75) is 13.0 Å². The number of ether oxygens (including phenoxy) is 1. The maximum atomic E-state index is 11.2. The molecule has 2 aromatic carbocycles. The highest BCUT2D eigenvalue weighted by atomic mass is 16.5. The molecular weight excluding hydrogens is 254 g/mol. The minimum Gasteiger partial charge on any atom is -0.497 e. The first-order valence-electron chi connectivity index (χ1n) is 6.34. The Bertz CT molecular complexity index is 593. The van der Waals surface area contributed by atoms with E-state index in [0.29, 0.717) is 5.69 Å². The molecule has 0 saturated carbocycles. The number of anilines is 1. The first kappa shape index (κ1) is 13.9. The largest absolute Gasteiger partial charge is 0.497 e. The molecular formula is C16H17NO3. The third kappa shape index (κ3) is 3.09. The zero-order valence-electron chi connectivity index (χ0n) is 11.5. The molecule has 0 spiro atoms. The summed E-state index contributed by atoms with van der Waals surface area (Å²) >= 11 is 0. The van der Waals surface area contributed by atoms with E-state index in [0.717, 1.165) is 11.3 Å². The van der Waals surface area contributed by atoms with Crippen LogP contribution in [0.1, 0.15) is 28.9 Å². The maximum absolute atomic E-state index is 11.2. The molecule has 4 heteroatoms. The molecule has 0 saturated heterocycles. The lowest BCUT2D eigenvalue weighted by Gasteiger charge is -2.17. The van der Waals surface area contributed by atoms with Crippen LogP contribution in [0.3, 0.4) is 0 Å². The molecule has 104 valence electrons. The van der Waals surface area contributed by atoms with E-state index in [1.54, 1.807) is 25.3 Å². The lowest BCUT2D eigenvalue weighted by molar-refractivity contribution is 0.0698. The number of benzene rings is 2. The van der Waals surface area contributed by atoms with Crippen molar-refractivity contribution in [1.29, 1.82) is 0 Å². The molecule has 0 bridgehead atoms. The second-order valence-corrected chi connectivity index (χ2v) is 4.49. The Morgan fingerprint density at radius 3 is 2.40 bits per heavy atom. The fourth-order valence-corrected chi connectivity index (χ4v) is 2.00. The average Bonchev–Trinajstić information content (AvgIpc) is 2.47. The zero-order valence-corrected chi connectivity index (χ0v) is 11.5. The van der Waals surface area contributed by atoms with Crippen LogP contribution in [0.5, 0.6) is 5.75 Å². The van der Waals surface area contributed by atoms with Crippen LogP contribution in [-0.4, -0.2) is 18.2 Å². The minimum absolute atomic E-state index is 0.00130. The summed E-state index contributed by atoms with van der Waals surface area (Å²) in [6, 6.07) is 14.6. The first-order chi connectivity index (χ1) is 9.61. The van der Waals surface area contributed by atoms with E-state index in [4.69, 9.17) is 9.84 Å². The third-order valence-electron chi connectivity index (χ3n) is 3.15. The topological polar surface area (TPSA) is 58.6 Å². The van der Waals surface area contributed by atoms with Gasteiger partial charge in [-0.2, -0.15) is 0 Å². The summed E-state index contributed by atoms with van der Waals surface area (Å²) < 4.78 is 5.12. The van der Waals surface area contributed by atoms with Gasteiger partial charge in [-0.05, 0) is 36.8 Å². The van der Waals surface area contributed by atoms with Crippen molar-refractivity contribution in [1.82, 2.24) is 0 Å². The number of carbonyl (C=O) groups is 1. The molecule has 1 unspecified atom stereocenters. The lowest BCUT2D eigenvalue weighted by atomic mass is 10.1. The molecule has 0 aliphatic rings. The number of para-hydroxylation sites is 1. The molecule has 2 rings (SSSR count). The van der Waals surface area contributed by atoms with Gasteiger partial charge in [0.25, 0.3) is 0 Å². The van der Waals surface area contributed by atoms with Gasteiger partial charge in [-0.15, -0.1) is 0 Å². The number of nitrogens with one attached hydrogen (secondary N) is 1. The van der Waals surface area contributed by atoms with E-state index < -0.39 is 5.97 Å². The Morgan fingerprint density at radius 1 is 1.15 bits per heavy atom. The summed E-state index contributed by atoms with van der Waals surface area (Å²) in [5.74, 6) is -0.137. The van der Waals surface area contributed by atoms with Crippen molar-refractivity contribution < 1.29 is 14.6 Å². The van der Waals surface area contributed by atoms with Gasteiger partial charge < -0.3 is 15.2 Å². The predicted octanol–water partition coefficient (Wildman–Crippen LogP) is 3.57. The maximum Gasteiger partial charge on any atom is 0.337 e. The molecule has 20 heavy (non-hydrogen) atoms. The normalized spacial score (nSPS) is 11.7. The second-order valence-electron chi connectivity index (χ2n) is 4.49. The zero-order chi connectivity index (χ0) is 14.5. The molecule has 0 fully saturated rings. The molecule has 2 N–H and O–H groups in total. The molecule has 2 aromatic rings. The monoisotopic (exact) mass is 271 g/mol. The highest BCUT2D eigenvalue weighted by Gasteiger charge is 2.12. The average molecular weight is 271 g/mol. The number of rotatable bonds is 5. The fourth-order valence-electron chi connectivity index (χ4n) is 2.00. The van der Waals surface area contributed by atoms with Crippen LogP contribution in [0.15, 0.2) is 48.5 Å². The van der Waals surface area contributed by atoms with Gasteiger partial charge in [0.2, 0.25) is 0 Å². The smallest absolute Gasteiger partial charge is 0.337 e. The van der Waals surface area contributed by atoms with Gasteiger partial charge in [0.05, 0.1) is 12.7 Å². The van der Waals surface area contributed by atoms with Crippen molar-refractivity contribution in [3.8, 4) is 5.75 Å². The molecule has 0 radical (unpaired) electrons. The Kier molecular flexibility index (Phi) is 4.25. The predicted molar refractivity (Wildman–Crippen MR) is 78.4 cm³/mol. The molecule has 4 nitrogen and oxygen atoms in total. The summed E-state index contributed by atoms with van der Waals surface area (Å²) in [7, 11) is 1.62. The Labute approximate surface area is 118 Å². The van der Waals surface area contributed by atoms with Gasteiger partial charge >= 0.3 is 5.97 Å². The van der Waals surface area contributed by atoms with Crippen molar-refractivity contribution in [2.24, 2.45) is 0 Å². The van der Waals surface area contributed by atoms with Gasteiger partial charge in [0.1, 0.15) is 5.75 Å². The van der Waals surface area contributed by atoms with Crippen LogP contribution in [0.2, 0.25) is 0 Å². The van der Waals surface area contributed by atoms with Gasteiger partial charge in [-0.25, -0.2) is 4.79 Å². The number of carboxylic acid groups (broad SMARTS) is 1. The fraction of sp³-hybridized carbons (Fsp3) is 0.188. The van der Waals surface area contributed by atoms with E-state index in [1.165, 1.54) is 0 Å². The number of hydrogen-bond donors (Lipinski definition) is 2. The Balaban J connectivity index is 2.18. The van der Waals surface area contributed by atoms with E-state index in [2.05, 4.69) is 5.32 Å². The number of methoxy groups -OCH3 is 1. The van der Waals surface area contributed by atoms with E-state index in [9.17, 15) is 4.79 Å². The van der Waals surface area contributed by atoms with E-state index >= 15 is 0 Å². The molecule has 0 aliphatic heterocycles. The molecule has 1 atom stereocenters. The van der Waals surface area contributed by atoms with E-state index in [-0.39, 0.29) is 11.6 Å². The number of hydrogen-bond acceptors (Lipinski definition) is 3. The van der Waals surface area contributed by atoms with Crippen molar-refractivity contribution in [3.05, 3.63) is 59.7 Å². The summed E-state index contributed by atoms with van der Waals surface area (Å²) in [5.41, 5.74) is 1.95. The summed E-state index contributed by atoms with van der Waals surface area (Å²) in [5, 5.41) is 12.4. The Morgan fingerprint density at radius 2 is 1.80 bits per heavy atom. The molecule has 0 aliphatic carbocycles. The highest BCUT2D eigenvalue weighted by molar-refractivity contribution is 5.94. The van der Waals surface area contributed by atoms with Crippen LogP contribution in [0, 0.1) is 0 Å². The summed E-state index contributed by atoms with van der Waals surface area (Å²) in [6.45, 7) is 1.99. The van der Waals surface area contributed by atoms with Crippen molar-refractivity contribution in [2.75, 3.05) is 12.4 Å². The first-order valence-corrected chi connectivity index (χ1v) is 6.34. The molecule has 0 heterocycles. The van der Waals surface area contributed by atoms with Crippen LogP contribution in [0.25, 0.3) is 0 Å². The Hall–Kier alpha value is -2.49. The molecule has 0 aromatic heterocycles. The van der Waals surface area contributed by atoms with Crippen molar-refractivity contribution >= 4 is 11.7 Å². The van der Waals surface area contributed by atoms with Gasteiger partial charge in [0.15, 0.2) is 0 Å². The third-order valence-corrected chi connectivity index (χ3v) is 3.15. The highest BCUT2D eigenvalue weighted by Crippen LogP contribution is 2.23. The SMILES string of the molecule is COc1ccc(C(C)Nc2ccccc2C(=O)O)cc1. The minimum atomic E-state index is -0.935. The van der Waals surface area contributed by atoms with Crippen LogP contribution in [-0.2, 0) is 0 Å². The summed E-state index contributed by atoms with van der Waals surface area (Å²) in [6.07, 6.45) is 0. The number of carboxylic acids is 1. The van der Waals surface area contributed by atoms with Gasteiger partial charge in [-0.1, -0.05) is 24.3 Å². The second kappa shape index (κ2) is 6.10. The van der Waals surface area contributed by atoms with Crippen LogP contribution in [0.4, 0.5) is 5.69 Å². The summed E-state index contributed by atoms with van der Waals surface area (Å²) in [4.78, 5) is 11.2. The van der Waals surface area contributed by atoms with Crippen LogP contribution >= 0.6 is 0 Å². The van der Waals surface area contributed by atoms with Crippen molar-refractivity contribution in [3.63, 3.8) is 0 Å². The molecule has 0 amide bonds.